The number of nitrogens with two attached hydrogens (primary N) is 3. The molecule has 0 aromatic heterocycles. The lowest BCUT2D eigenvalue weighted by molar-refractivity contribution is -0.145. The number of carbonyl (C=O) groups excluding carboxylic acids is 5. The highest BCUT2D eigenvalue weighted by Crippen LogP contribution is 2.43. The van der Waals surface area contributed by atoms with Crippen molar-refractivity contribution in [3.05, 3.63) is 65.8 Å². The van der Waals surface area contributed by atoms with E-state index in [-0.39, 0.29) is 55.9 Å². The standard InChI is InChI=1S/C40H59N7O11/c1-22(5-14-32-23(2)17-31(25(4)57-32)45-34(49)16-7-24(3)48)6-15-33-36(51)40(21-56-40)19-28(58-33)18-35(50)46-47-39(54)55-20-26-8-10-27(11-9-26)44-38(53)30(42)13-12-29(41)37(43)52/h5-11,15-16,23-25,28-33,36,48,51H,12-14,17-21,41-42H2,1-4H3,(H2,43,52)(H,44,53)(H,45,49)(H,46,50)(H,47,54)/b15-6+,16-7-,22-5+/t23-,24-,25+,28+,29?,30-,31+,32-,33+,36+,40+/m0/s1. The van der Waals surface area contributed by atoms with Gasteiger partial charge in [-0.3, -0.25) is 24.6 Å². The molecular weight excluding hydrogens is 754 g/mol. The number of amides is 5. The molecule has 3 fully saturated rings. The Balaban J connectivity index is 1.18. The van der Waals surface area contributed by atoms with E-state index in [9.17, 15) is 34.2 Å². The van der Waals surface area contributed by atoms with Gasteiger partial charge in [0.2, 0.25) is 23.6 Å². The van der Waals surface area contributed by atoms with E-state index in [1.54, 1.807) is 37.3 Å². The normalized spacial score (nSPS) is 28.7. The molecule has 0 bridgehead atoms. The second kappa shape index (κ2) is 21.4. The number of aliphatic hydroxyl groups excluding tert-OH is 2. The van der Waals surface area contributed by atoms with E-state index in [1.165, 1.54) is 12.2 Å². The molecule has 1 spiro atoms. The van der Waals surface area contributed by atoms with Gasteiger partial charge in [0, 0.05) is 18.2 Å². The lowest BCUT2D eigenvalue weighted by Gasteiger charge is -2.39. The molecule has 18 nitrogen and oxygen atoms in total. The number of aliphatic hydroxyl groups is 2. The maximum atomic E-state index is 12.8. The molecule has 11 atom stereocenters. The summed E-state index contributed by atoms with van der Waals surface area (Å²) < 4.78 is 23.2. The third kappa shape index (κ3) is 14.3. The van der Waals surface area contributed by atoms with Gasteiger partial charge in [-0.2, -0.15) is 0 Å². The van der Waals surface area contributed by atoms with Gasteiger partial charge in [0.25, 0.3) is 0 Å². The molecule has 12 N–H and O–H groups in total. The third-order valence-corrected chi connectivity index (χ3v) is 10.4. The van der Waals surface area contributed by atoms with Gasteiger partial charge in [-0.05, 0) is 70.1 Å². The van der Waals surface area contributed by atoms with E-state index in [4.69, 9.17) is 36.1 Å². The van der Waals surface area contributed by atoms with Crippen molar-refractivity contribution in [3.63, 3.8) is 0 Å². The summed E-state index contributed by atoms with van der Waals surface area (Å²) in [7, 11) is 0. The van der Waals surface area contributed by atoms with Gasteiger partial charge >= 0.3 is 6.09 Å². The molecule has 3 heterocycles. The molecule has 18 heteroatoms. The fraction of sp³-hybridized carbons (Fsp3) is 0.575. The molecular formula is C40H59N7O11. The number of rotatable bonds is 17. The highest BCUT2D eigenvalue weighted by molar-refractivity contribution is 5.94. The molecule has 1 aromatic rings. The average molecular weight is 814 g/mol. The number of epoxide rings is 1. The minimum Gasteiger partial charge on any atom is -0.443 e. The molecule has 0 saturated carbocycles. The zero-order chi connectivity index (χ0) is 42.6. The van der Waals surface area contributed by atoms with E-state index in [0.29, 0.717) is 30.7 Å². The van der Waals surface area contributed by atoms with Gasteiger partial charge in [-0.25, -0.2) is 10.2 Å². The van der Waals surface area contributed by atoms with Crippen molar-refractivity contribution in [1.29, 1.82) is 0 Å². The molecule has 3 aliphatic rings. The molecule has 320 valence electrons. The summed E-state index contributed by atoms with van der Waals surface area (Å²) in [6, 6.07) is 4.55. The largest absolute Gasteiger partial charge is 0.443 e. The average Bonchev–Trinajstić information content (AvgIpc) is 3.95. The monoisotopic (exact) mass is 813 g/mol. The van der Waals surface area contributed by atoms with Gasteiger partial charge in [-0.1, -0.05) is 48.9 Å². The fourth-order valence-electron chi connectivity index (χ4n) is 6.70. The molecule has 4 rings (SSSR count). The highest BCUT2D eigenvalue weighted by Gasteiger charge is 2.58. The van der Waals surface area contributed by atoms with Crippen LogP contribution in [0.5, 0.6) is 0 Å². The van der Waals surface area contributed by atoms with Gasteiger partial charge in [0.05, 0.1) is 55.6 Å². The predicted octanol–water partition coefficient (Wildman–Crippen LogP) is 0.608. The Kier molecular flexibility index (Phi) is 16.9. The Morgan fingerprint density at radius 2 is 1.72 bits per heavy atom. The first-order chi connectivity index (χ1) is 27.4. The summed E-state index contributed by atoms with van der Waals surface area (Å²) in [5, 5.41) is 26.0. The van der Waals surface area contributed by atoms with E-state index in [2.05, 4.69) is 28.4 Å². The predicted molar refractivity (Wildman–Crippen MR) is 212 cm³/mol. The number of benzene rings is 1. The van der Waals surface area contributed by atoms with Crippen LogP contribution in [0.2, 0.25) is 0 Å². The Bertz CT molecular complexity index is 1680. The van der Waals surface area contributed by atoms with E-state index >= 15 is 0 Å². The number of primary amides is 1. The quantitative estimate of drug-likeness (QED) is 0.0452. The van der Waals surface area contributed by atoms with Crippen molar-refractivity contribution in [2.75, 3.05) is 11.9 Å². The first-order valence-electron chi connectivity index (χ1n) is 19.5. The Morgan fingerprint density at radius 1 is 1.03 bits per heavy atom. The highest BCUT2D eigenvalue weighted by atomic mass is 16.6. The summed E-state index contributed by atoms with van der Waals surface area (Å²) in [5.74, 6) is -1.76. The number of carbonyl (C=O) groups is 5. The van der Waals surface area contributed by atoms with Crippen LogP contribution in [0.25, 0.3) is 0 Å². The SMILES string of the molecule is CC(/C=C/[C@H]1O[C@H](CC(=O)NNC(=O)OCc2ccc(NC(=O)[C@@H](N)CCC(N)C(N)=O)cc2)C[C@@]2(CO2)[C@@H]1O)=C\C[C@@H]1O[C@H](C)[C@H](NC(=O)/C=C\[C@H](C)O)C[C@@H]1C. The lowest BCUT2D eigenvalue weighted by atomic mass is 9.87. The summed E-state index contributed by atoms with van der Waals surface area (Å²) in [6.07, 6.45) is 6.20. The van der Waals surface area contributed by atoms with Crippen molar-refractivity contribution in [2.45, 2.75) is 133 Å². The molecule has 0 aliphatic carbocycles. The second-order valence-electron chi connectivity index (χ2n) is 15.4. The Hall–Kier alpha value is -4.69. The van der Waals surface area contributed by atoms with Crippen LogP contribution in [0.15, 0.2) is 60.2 Å². The van der Waals surface area contributed by atoms with Crippen LogP contribution in [-0.2, 0) is 44.7 Å². The van der Waals surface area contributed by atoms with Crippen molar-refractivity contribution in [3.8, 4) is 0 Å². The van der Waals surface area contributed by atoms with E-state index in [1.807, 2.05) is 26.0 Å². The first kappa shape index (κ1) is 46.0. The smallest absolute Gasteiger partial charge is 0.426 e. The Morgan fingerprint density at radius 3 is 2.38 bits per heavy atom. The molecule has 1 aromatic carbocycles. The summed E-state index contributed by atoms with van der Waals surface area (Å²) in [4.78, 5) is 60.7. The van der Waals surface area contributed by atoms with Gasteiger partial charge in [-0.15, -0.1) is 0 Å². The van der Waals surface area contributed by atoms with Crippen LogP contribution < -0.4 is 38.7 Å². The number of allylic oxidation sites excluding steroid dienone is 2. The van der Waals surface area contributed by atoms with Gasteiger partial charge in [0.1, 0.15) is 24.4 Å². The minimum absolute atomic E-state index is 0.0551. The summed E-state index contributed by atoms with van der Waals surface area (Å²) in [5.41, 5.74) is 22.3. The topological polar surface area (TPSA) is 292 Å². The third-order valence-electron chi connectivity index (χ3n) is 10.4. The van der Waals surface area contributed by atoms with Crippen LogP contribution in [0.4, 0.5) is 10.5 Å². The summed E-state index contributed by atoms with van der Waals surface area (Å²) >= 11 is 0. The molecule has 58 heavy (non-hydrogen) atoms. The number of hydrogen-bond donors (Lipinski definition) is 9. The summed E-state index contributed by atoms with van der Waals surface area (Å²) in [6.45, 7) is 7.73. The molecule has 5 amide bonds. The van der Waals surface area contributed by atoms with Gasteiger partial charge < -0.3 is 57.0 Å². The van der Waals surface area contributed by atoms with Crippen LogP contribution >= 0.6 is 0 Å². The van der Waals surface area contributed by atoms with Crippen LogP contribution in [-0.4, -0.2) is 107 Å². The number of nitrogens with one attached hydrogen (secondary N) is 4. The zero-order valence-electron chi connectivity index (χ0n) is 33.4. The zero-order valence-corrected chi connectivity index (χ0v) is 33.4. The molecule has 1 unspecified atom stereocenters. The van der Waals surface area contributed by atoms with Crippen molar-refractivity contribution >= 4 is 35.4 Å². The number of hydrogen-bond acceptors (Lipinski definition) is 13. The lowest BCUT2D eigenvalue weighted by Crippen LogP contribution is -2.51. The van der Waals surface area contributed by atoms with E-state index in [0.717, 1.165) is 12.0 Å². The second-order valence-corrected chi connectivity index (χ2v) is 15.4. The maximum absolute atomic E-state index is 12.8. The van der Waals surface area contributed by atoms with Crippen LogP contribution in [0.3, 0.4) is 0 Å². The minimum atomic E-state index is -0.934. The van der Waals surface area contributed by atoms with Crippen molar-refractivity contribution < 1.29 is 53.1 Å². The van der Waals surface area contributed by atoms with E-state index < -0.39 is 65.9 Å². The number of ether oxygens (including phenoxy) is 4. The molecule has 3 saturated heterocycles. The van der Waals surface area contributed by atoms with Crippen LogP contribution in [0, 0.1) is 5.92 Å². The number of hydrazine groups is 1. The Labute approximate surface area is 338 Å². The number of anilines is 1. The first-order valence-corrected chi connectivity index (χ1v) is 19.5. The fourth-order valence-corrected chi connectivity index (χ4v) is 6.70. The van der Waals surface area contributed by atoms with Crippen LogP contribution in [0.1, 0.15) is 71.8 Å². The molecule has 3 aliphatic heterocycles. The molecule has 0 radical (unpaired) electrons. The van der Waals surface area contributed by atoms with Crippen molar-refractivity contribution in [1.82, 2.24) is 16.2 Å². The van der Waals surface area contributed by atoms with Crippen molar-refractivity contribution in [2.24, 2.45) is 23.1 Å². The maximum Gasteiger partial charge on any atom is 0.426 e. The van der Waals surface area contributed by atoms with Gasteiger partial charge in [0.15, 0.2) is 0 Å².